The van der Waals surface area contributed by atoms with Gasteiger partial charge in [-0.05, 0) is 38.4 Å². The second-order valence-corrected chi connectivity index (χ2v) is 7.54. The van der Waals surface area contributed by atoms with Gasteiger partial charge in [0.15, 0.2) is 17.4 Å². The number of β-amino-alcohol motifs (C(OH)–C–C–N with tert-alkyl or cyclic N) is 1. The zero-order valence-electron chi connectivity index (χ0n) is 15.8. The third-order valence-corrected chi connectivity index (χ3v) is 4.80. The van der Waals surface area contributed by atoms with Crippen LogP contribution in [0.3, 0.4) is 0 Å². The van der Waals surface area contributed by atoms with Gasteiger partial charge in [0.2, 0.25) is 0 Å². The summed E-state index contributed by atoms with van der Waals surface area (Å²) >= 11 is 3.00. The molecular formula is C19H26BrF2NO5. The molecule has 28 heavy (non-hydrogen) atoms. The van der Waals surface area contributed by atoms with E-state index in [0.717, 1.165) is 31.5 Å². The van der Waals surface area contributed by atoms with Crippen molar-refractivity contribution >= 4 is 21.9 Å². The highest BCUT2D eigenvalue weighted by Gasteiger charge is 2.27. The molecule has 0 aromatic heterocycles. The Morgan fingerprint density at radius 2 is 2.07 bits per heavy atom. The number of carbonyl (C=O) groups excluding carboxylic acids is 1. The van der Waals surface area contributed by atoms with Crippen molar-refractivity contribution in [1.29, 1.82) is 0 Å². The lowest BCUT2D eigenvalue weighted by atomic mass is 9.98. The Morgan fingerprint density at radius 3 is 2.75 bits per heavy atom. The molecule has 6 nitrogen and oxygen atoms in total. The number of rotatable bonds is 10. The van der Waals surface area contributed by atoms with Crippen LogP contribution >= 0.6 is 15.9 Å². The van der Waals surface area contributed by atoms with Crippen molar-refractivity contribution in [3.8, 4) is 5.75 Å². The summed E-state index contributed by atoms with van der Waals surface area (Å²) in [7, 11) is 0. The molecule has 1 fully saturated rings. The van der Waals surface area contributed by atoms with Gasteiger partial charge in [-0.2, -0.15) is 0 Å². The van der Waals surface area contributed by atoms with Crippen LogP contribution < -0.4 is 4.74 Å². The van der Waals surface area contributed by atoms with Crippen LogP contribution in [-0.4, -0.2) is 68.1 Å². The predicted octanol–water partition coefficient (Wildman–Crippen LogP) is 2.76. The summed E-state index contributed by atoms with van der Waals surface area (Å²) in [5.41, 5.74) is 0. The number of carbonyl (C=O) groups is 1. The Hall–Kier alpha value is -1.29. The van der Waals surface area contributed by atoms with Crippen LogP contribution in [0.1, 0.15) is 19.8 Å². The fourth-order valence-electron chi connectivity index (χ4n) is 3.11. The Labute approximate surface area is 171 Å². The van der Waals surface area contributed by atoms with E-state index in [4.69, 9.17) is 14.2 Å². The molecule has 0 bridgehead atoms. The fourth-order valence-corrected chi connectivity index (χ4v) is 3.52. The maximum Gasteiger partial charge on any atom is 0.310 e. The predicted molar refractivity (Wildman–Crippen MR) is 102 cm³/mol. The van der Waals surface area contributed by atoms with Crippen LogP contribution in [0.25, 0.3) is 0 Å². The van der Waals surface area contributed by atoms with Crippen LogP contribution in [0.2, 0.25) is 0 Å². The molecule has 9 heteroatoms. The normalized spacial score (nSPS) is 18.7. The Bertz CT molecular complexity index is 626. The third kappa shape index (κ3) is 7.27. The number of aliphatic hydroxyl groups excluding tert-OH is 1. The number of ether oxygens (including phenoxy) is 3. The van der Waals surface area contributed by atoms with Gasteiger partial charge >= 0.3 is 5.97 Å². The van der Waals surface area contributed by atoms with Crippen LogP contribution in [0.4, 0.5) is 8.78 Å². The van der Waals surface area contributed by atoms with Crippen molar-refractivity contribution in [3.63, 3.8) is 0 Å². The largest absolute Gasteiger partial charge is 0.485 e. The van der Waals surface area contributed by atoms with E-state index in [2.05, 4.69) is 15.9 Å². The van der Waals surface area contributed by atoms with Crippen molar-refractivity contribution in [1.82, 2.24) is 4.90 Å². The number of likely N-dealkylation sites (tertiary alicyclic amines) is 1. The van der Waals surface area contributed by atoms with Crippen LogP contribution in [0.5, 0.6) is 5.75 Å². The number of aliphatic hydroxyl groups is 1. The van der Waals surface area contributed by atoms with Gasteiger partial charge in [-0.1, -0.05) is 15.9 Å². The highest BCUT2D eigenvalue weighted by Crippen LogP contribution is 2.25. The molecular weight excluding hydrogens is 440 g/mol. The van der Waals surface area contributed by atoms with Crippen molar-refractivity contribution < 1.29 is 32.9 Å². The zero-order chi connectivity index (χ0) is 20.5. The summed E-state index contributed by atoms with van der Waals surface area (Å²) in [6.45, 7) is 3.99. The first-order valence-corrected chi connectivity index (χ1v) is 10.1. The topological polar surface area (TPSA) is 68.2 Å². The number of halogens is 3. The maximum absolute atomic E-state index is 13.6. The van der Waals surface area contributed by atoms with Gasteiger partial charge in [-0.15, -0.1) is 0 Å². The van der Waals surface area contributed by atoms with Gasteiger partial charge in [-0.25, -0.2) is 8.78 Å². The molecule has 1 N–H and O–H groups in total. The van der Waals surface area contributed by atoms with E-state index < -0.39 is 23.5 Å². The number of nitrogens with zero attached hydrogens (tertiary/aromatic N) is 1. The van der Waals surface area contributed by atoms with Crippen molar-refractivity contribution in [2.45, 2.75) is 25.9 Å². The van der Waals surface area contributed by atoms with Gasteiger partial charge in [0, 0.05) is 17.6 Å². The lowest BCUT2D eigenvalue weighted by Crippen LogP contribution is -2.43. The molecule has 2 unspecified atom stereocenters. The van der Waals surface area contributed by atoms with Crippen molar-refractivity contribution in [2.75, 3.05) is 46.1 Å². The summed E-state index contributed by atoms with van der Waals surface area (Å²) in [6, 6.07) is 2.23. The van der Waals surface area contributed by atoms with Gasteiger partial charge in [0.05, 0.1) is 31.8 Å². The third-order valence-electron chi connectivity index (χ3n) is 4.34. The Morgan fingerprint density at radius 1 is 1.36 bits per heavy atom. The smallest absolute Gasteiger partial charge is 0.310 e. The monoisotopic (exact) mass is 465 g/mol. The van der Waals surface area contributed by atoms with Crippen LogP contribution in [-0.2, 0) is 14.3 Å². The first-order chi connectivity index (χ1) is 13.4. The molecule has 0 saturated carbocycles. The van der Waals surface area contributed by atoms with E-state index in [1.165, 1.54) is 0 Å². The SMILES string of the molecule is CCOC(=O)C1CCCN(CC(O)COCCOc2c(F)cc(Br)cc2F)C1. The molecule has 1 aromatic rings. The molecule has 1 saturated heterocycles. The molecule has 0 radical (unpaired) electrons. The molecule has 1 heterocycles. The van der Waals surface area contributed by atoms with Gasteiger partial charge < -0.3 is 19.3 Å². The van der Waals surface area contributed by atoms with Gasteiger partial charge in [0.1, 0.15) is 6.61 Å². The number of hydrogen-bond donors (Lipinski definition) is 1. The van der Waals surface area contributed by atoms with E-state index in [1.807, 2.05) is 4.90 Å². The molecule has 1 aliphatic rings. The minimum Gasteiger partial charge on any atom is -0.485 e. The summed E-state index contributed by atoms with van der Waals surface area (Å²) in [4.78, 5) is 13.9. The van der Waals surface area contributed by atoms with Crippen molar-refractivity contribution in [3.05, 3.63) is 28.2 Å². The number of piperidine rings is 1. The molecule has 0 amide bonds. The highest BCUT2D eigenvalue weighted by molar-refractivity contribution is 9.10. The molecule has 0 spiro atoms. The second kappa shape index (κ2) is 11.6. The molecule has 158 valence electrons. The zero-order valence-corrected chi connectivity index (χ0v) is 17.4. The van der Waals surface area contributed by atoms with Crippen LogP contribution in [0.15, 0.2) is 16.6 Å². The van der Waals surface area contributed by atoms with E-state index in [-0.39, 0.29) is 36.2 Å². The van der Waals surface area contributed by atoms with E-state index >= 15 is 0 Å². The van der Waals surface area contributed by atoms with Crippen LogP contribution in [0, 0.1) is 17.6 Å². The first kappa shape index (κ1) is 23.0. The van der Waals surface area contributed by atoms with E-state index in [9.17, 15) is 18.7 Å². The second-order valence-electron chi connectivity index (χ2n) is 6.63. The molecule has 0 aliphatic carbocycles. The molecule has 2 rings (SSSR count). The Kier molecular flexibility index (Phi) is 9.57. The number of benzene rings is 1. The van der Waals surface area contributed by atoms with E-state index in [1.54, 1.807) is 6.92 Å². The number of hydrogen-bond acceptors (Lipinski definition) is 6. The van der Waals surface area contributed by atoms with Gasteiger partial charge in [0.25, 0.3) is 0 Å². The number of esters is 1. The summed E-state index contributed by atoms with van der Waals surface area (Å²) < 4.78 is 43.0. The molecule has 2 atom stereocenters. The first-order valence-electron chi connectivity index (χ1n) is 9.32. The highest BCUT2D eigenvalue weighted by atomic mass is 79.9. The van der Waals surface area contributed by atoms with Crippen molar-refractivity contribution in [2.24, 2.45) is 5.92 Å². The Balaban J connectivity index is 1.65. The molecule has 1 aliphatic heterocycles. The standard InChI is InChI=1S/C19H26BrF2NO5/c1-2-27-19(25)13-4-3-5-23(10-13)11-15(24)12-26-6-7-28-18-16(21)8-14(20)9-17(18)22/h8-9,13,15,24H,2-7,10-12H2,1H3. The average molecular weight is 466 g/mol. The lowest BCUT2D eigenvalue weighted by molar-refractivity contribution is -0.150. The quantitative estimate of drug-likeness (QED) is 0.423. The maximum atomic E-state index is 13.6. The summed E-state index contributed by atoms with van der Waals surface area (Å²) in [6.07, 6.45) is 0.930. The molecule has 1 aromatic carbocycles. The summed E-state index contributed by atoms with van der Waals surface area (Å²) in [5, 5.41) is 10.1. The lowest BCUT2D eigenvalue weighted by Gasteiger charge is -2.32. The van der Waals surface area contributed by atoms with E-state index in [0.29, 0.717) is 19.7 Å². The average Bonchev–Trinajstić information content (AvgIpc) is 2.63. The fraction of sp³-hybridized carbons (Fsp3) is 0.632. The summed E-state index contributed by atoms with van der Waals surface area (Å²) in [5.74, 6) is -2.40. The minimum absolute atomic E-state index is 0.0448. The minimum atomic E-state index is -0.798. The van der Waals surface area contributed by atoms with Gasteiger partial charge in [-0.3, -0.25) is 9.69 Å².